The maximum atomic E-state index is 12.2. The number of benzene rings is 1. The number of methoxy groups -OCH3 is 1. The summed E-state index contributed by atoms with van der Waals surface area (Å²) < 4.78 is 28.9. The number of sulfone groups is 1. The lowest BCUT2D eigenvalue weighted by Crippen LogP contribution is -2.42. The van der Waals surface area contributed by atoms with Gasteiger partial charge in [-0.05, 0) is 25.0 Å². The molecule has 0 bridgehead atoms. The number of carbonyl (C=O) groups excluding carboxylic acids is 3. The number of likely N-dealkylation sites (tertiary alicyclic amines) is 1. The van der Waals surface area contributed by atoms with E-state index in [9.17, 15) is 22.8 Å². The van der Waals surface area contributed by atoms with E-state index in [4.69, 9.17) is 0 Å². The molecule has 1 heterocycles. The number of nitrogens with zero attached hydrogens (tertiary/aromatic N) is 1. The average Bonchev–Trinajstić information content (AvgIpc) is 3.04. The van der Waals surface area contributed by atoms with Crippen molar-refractivity contribution < 1.29 is 27.5 Å². The minimum Gasteiger partial charge on any atom is -0.467 e. The van der Waals surface area contributed by atoms with Crippen molar-refractivity contribution in [2.24, 2.45) is 0 Å². The standard InChI is InChI=1S/C16H19NO6S/c1-23-16(20)14-8-5-9-17(14)15(19)10-12(18)11-24(21,22)13-6-3-2-4-7-13/h2-4,6-7,14H,5,8-11H2,1H3. The number of esters is 1. The second kappa shape index (κ2) is 7.57. The molecule has 130 valence electrons. The molecule has 1 aliphatic rings. The van der Waals surface area contributed by atoms with Crippen molar-refractivity contribution >= 4 is 27.5 Å². The Balaban J connectivity index is 1.99. The van der Waals surface area contributed by atoms with Gasteiger partial charge in [0, 0.05) is 6.54 Å². The van der Waals surface area contributed by atoms with Crippen LogP contribution in [0.25, 0.3) is 0 Å². The van der Waals surface area contributed by atoms with Crippen LogP contribution < -0.4 is 0 Å². The lowest BCUT2D eigenvalue weighted by atomic mass is 10.2. The summed E-state index contributed by atoms with van der Waals surface area (Å²) in [7, 11) is -2.54. The van der Waals surface area contributed by atoms with E-state index >= 15 is 0 Å². The van der Waals surface area contributed by atoms with Gasteiger partial charge in [-0.3, -0.25) is 9.59 Å². The molecule has 0 aromatic heterocycles. The van der Waals surface area contributed by atoms with Crippen LogP contribution in [0.3, 0.4) is 0 Å². The van der Waals surface area contributed by atoms with Gasteiger partial charge in [-0.25, -0.2) is 13.2 Å². The Morgan fingerprint density at radius 1 is 1.21 bits per heavy atom. The van der Waals surface area contributed by atoms with Crippen LogP contribution in [0.2, 0.25) is 0 Å². The predicted octanol–water partition coefficient (Wildman–Crippen LogP) is 0.584. The Labute approximate surface area is 140 Å². The van der Waals surface area contributed by atoms with Crippen LogP contribution in [0.5, 0.6) is 0 Å². The van der Waals surface area contributed by atoms with E-state index in [1.165, 1.54) is 24.1 Å². The Hall–Kier alpha value is -2.22. The van der Waals surface area contributed by atoms with Gasteiger partial charge >= 0.3 is 5.97 Å². The van der Waals surface area contributed by atoms with Crippen LogP contribution >= 0.6 is 0 Å². The Bertz CT molecular complexity index is 728. The fraction of sp³-hybridized carbons (Fsp3) is 0.438. The lowest BCUT2D eigenvalue weighted by Gasteiger charge is -2.22. The molecule has 7 nitrogen and oxygen atoms in total. The van der Waals surface area contributed by atoms with Gasteiger partial charge in [-0.15, -0.1) is 0 Å². The van der Waals surface area contributed by atoms with Crippen LogP contribution in [-0.2, 0) is 29.0 Å². The molecule has 0 spiro atoms. The highest BCUT2D eigenvalue weighted by Crippen LogP contribution is 2.20. The first-order valence-corrected chi connectivity index (χ1v) is 9.17. The number of carbonyl (C=O) groups is 3. The third-order valence-electron chi connectivity index (χ3n) is 3.85. The molecule has 2 rings (SSSR count). The normalized spacial score (nSPS) is 17.5. The fourth-order valence-electron chi connectivity index (χ4n) is 2.69. The second-order valence-corrected chi connectivity index (χ2v) is 7.55. The highest BCUT2D eigenvalue weighted by atomic mass is 32.2. The molecule has 0 aliphatic carbocycles. The van der Waals surface area contributed by atoms with E-state index in [-0.39, 0.29) is 4.90 Å². The van der Waals surface area contributed by atoms with Crippen LogP contribution in [0.1, 0.15) is 19.3 Å². The number of ether oxygens (including phenoxy) is 1. The summed E-state index contributed by atoms with van der Waals surface area (Å²) in [6.07, 6.45) is 0.580. The Morgan fingerprint density at radius 2 is 1.88 bits per heavy atom. The van der Waals surface area contributed by atoms with Gasteiger partial charge < -0.3 is 9.64 Å². The fourth-order valence-corrected chi connectivity index (χ4v) is 3.96. The number of hydrogen-bond acceptors (Lipinski definition) is 6. The molecule has 1 saturated heterocycles. The smallest absolute Gasteiger partial charge is 0.328 e. The van der Waals surface area contributed by atoms with E-state index in [0.717, 1.165) is 0 Å². The van der Waals surface area contributed by atoms with Gasteiger partial charge in [-0.1, -0.05) is 18.2 Å². The number of amides is 1. The first-order valence-electron chi connectivity index (χ1n) is 7.52. The summed E-state index contributed by atoms with van der Waals surface area (Å²) in [6.45, 7) is 0.358. The zero-order chi connectivity index (χ0) is 17.7. The molecule has 1 unspecified atom stereocenters. The van der Waals surface area contributed by atoms with Crippen LogP contribution in [0, 0.1) is 0 Å². The van der Waals surface area contributed by atoms with Crippen molar-refractivity contribution in [2.45, 2.75) is 30.2 Å². The summed E-state index contributed by atoms with van der Waals surface area (Å²) in [4.78, 5) is 37.2. The number of Topliss-reactive ketones (excluding diaryl/α,β-unsaturated/α-hetero) is 1. The first-order chi connectivity index (χ1) is 11.3. The molecule has 1 aromatic rings. The molecule has 8 heteroatoms. The Morgan fingerprint density at radius 3 is 2.50 bits per heavy atom. The summed E-state index contributed by atoms with van der Waals surface area (Å²) in [5.41, 5.74) is 0. The molecule has 0 radical (unpaired) electrons. The van der Waals surface area contributed by atoms with Crippen molar-refractivity contribution in [3.05, 3.63) is 30.3 Å². The molecule has 1 aliphatic heterocycles. The molecule has 1 fully saturated rings. The van der Waals surface area contributed by atoms with E-state index in [2.05, 4.69) is 4.74 Å². The van der Waals surface area contributed by atoms with Gasteiger partial charge in [0.05, 0.1) is 18.4 Å². The van der Waals surface area contributed by atoms with Crippen molar-refractivity contribution in [2.75, 3.05) is 19.4 Å². The van der Waals surface area contributed by atoms with Crippen molar-refractivity contribution in [3.8, 4) is 0 Å². The third kappa shape index (κ3) is 4.19. The molecule has 24 heavy (non-hydrogen) atoms. The Kier molecular flexibility index (Phi) is 5.71. The third-order valence-corrected chi connectivity index (χ3v) is 5.54. The zero-order valence-corrected chi connectivity index (χ0v) is 14.1. The molecular formula is C16H19NO6S. The van der Waals surface area contributed by atoms with Gasteiger partial charge in [0.25, 0.3) is 0 Å². The van der Waals surface area contributed by atoms with Gasteiger partial charge in [-0.2, -0.15) is 0 Å². The summed E-state index contributed by atoms with van der Waals surface area (Å²) in [5, 5.41) is 0. The highest BCUT2D eigenvalue weighted by molar-refractivity contribution is 7.92. The second-order valence-electron chi connectivity index (χ2n) is 5.56. The largest absolute Gasteiger partial charge is 0.467 e. The van der Waals surface area contributed by atoms with E-state index in [1.54, 1.807) is 18.2 Å². The molecular weight excluding hydrogens is 334 g/mol. The zero-order valence-electron chi connectivity index (χ0n) is 13.3. The van der Waals surface area contributed by atoms with Crippen molar-refractivity contribution in [1.29, 1.82) is 0 Å². The summed E-state index contributed by atoms with van der Waals surface area (Å²) in [6, 6.07) is 6.91. The maximum Gasteiger partial charge on any atom is 0.328 e. The van der Waals surface area contributed by atoms with Crippen molar-refractivity contribution in [3.63, 3.8) is 0 Å². The molecule has 0 N–H and O–H groups in total. The van der Waals surface area contributed by atoms with E-state index in [0.29, 0.717) is 19.4 Å². The van der Waals surface area contributed by atoms with Gasteiger partial charge in [0.15, 0.2) is 15.6 Å². The monoisotopic (exact) mass is 353 g/mol. The summed E-state index contributed by atoms with van der Waals surface area (Å²) >= 11 is 0. The van der Waals surface area contributed by atoms with Gasteiger partial charge in [0.2, 0.25) is 5.91 Å². The number of ketones is 1. The van der Waals surface area contributed by atoms with Crippen LogP contribution in [0.15, 0.2) is 35.2 Å². The molecule has 0 saturated carbocycles. The minimum absolute atomic E-state index is 0.0411. The SMILES string of the molecule is COC(=O)C1CCCN1C(=O)CC(=O)CS(=O)(=O)c1ccccc1. The van der Waals surface area contributed by atoms with E-state index in [1.807, 2.05) is 0 Å². The maximum absolute atomic E-state index is 12.2. The molecule has 1 amide bonds. The predicted molar refractivity (Wildman–Crippen MR) is 84.9 cm³/mol. The van der Waals surface area contributed by atoms with Crippen molar-refractivity contribution in [1.82, 2.24) is 4.90 Å². The highest BCUT2D eigenvalue weighted by Gasteiger charge is 2.35. The quantitative estimate of drug-likeness (QED) is 0.548. The minimum atomic E-state index is -3.78. The van der Waals surface area contributed by atoms with Crippen LogP contribution in [-0.4, -0.2) is 56.4 Å². The number of rotatable bonds is 6. The topological polar surface area (TPSA) is 97.8 Å². The number of hydrogen-bond donors (Lipinski definition) is 0. The first kappa shape index (κ1) is 18.1. The average molecular weight is 353 g/mol. The molecule has 1 aromatic carbocycles. The summed E-state index contributed by atoms with van der Waals surface area (Å²) in [5.74, 6) is -2.50. The molecule has 1 atom stereocenters. The van der Waals surface area contributed by atoms with Crippen LogP contribution in [0.4, 0.5) is 0 Å². The van der Waals surface area contributed by atoms with Gasteiger partial charge in [0.1, 0.15) is 11.8 Å². The lowest BCUT2D eigenvalue weighted by molar-refractivity contribution is -0.151. The van der Waals surface area contributed by atoms with E-state index < -0.39 is 45.7 Å².